The largest absolute Gasteiger partial charge is 0.573 e. The first-order valence-electron chi connectivity index (χ1n) is 11.3. The van der Waals surface area contributed by atoms with Gasteiger partial charge in [-0.15, -0.1) is 13.2 Å². The lowest BCUT2D eigenvalue weighted by Crippen LogP contribution is -2.24. The van der Waals surface area contributed by atoms with Crippen LogP contribution in [0.15, 0.2) is 84.2 Å². The number of nitrogens with one attached hydrogen (secondary N) is 2. The van der Waals surface area contributed by atoms with Crippen LogP contribution in [-0.4, -0.2) is 27.2 Å². The summed E-state index contributed by atoms with van der Waals surface area (Å²) in [5.41, 5.74) is 7.57. The van der Waals surface area contributed by atoms with E-state index in [9.17, 15) is 13.2 Å². The molecule has 5 rings (SSSR count). The van der Waals surface area contributed by atoms with Gasteiger partial charge in [0.1, 0.15) is 12.1 Å². The molecule has 0 saturated carbocycles. The van der Waals surface area contributed by atoms with Gasteiger partial charge in [-0.3, -0.25) is 9.99 Å². The number of anilines is 1. The van der Waals surface area contributed by atoms with E-state index < -0.39 is 6.36 Å². The topological polar surface area (TPSA) is 63.5 Å². The number of fused-ring (bicyclic) bond motifs is 3. The van der Waals surface area contributed by atoms with Gasteiger partial charge in [0, 0.05) is 11.1 Å². The number of alkyl halides is 3. The van der Waals surface area contributed by atoms with Crippen molar-refractivity contribution in [1.82, 2.24) is 15.0 Å². The molecule has 6 nitrogen and oxygen atoms in total. The van der Waals surface area contributed by atoms with Crippen molar-refractivity contribution in [3.8, 4) is 11.4 Å². The molecule has 0 bridgehead atoms. The molecule has 0 aliphatic carbocycles. The van der Waals surface area contributed by atoms with Gasteiger partial charge in [-0.25, -0.2) is 4.98 Å². The Kier molecular flexibility index (Phi) is 6.92. The SMILES string of the molecule is Cc1cccc(Cl)c1NC(=S)N/N=C/c1ccc2c(ccc3c2ncn3-c2ccc(OC(F)(F)F)cc2)c1. The maximum absolute atomic E-state index is 12.4. The molecule has 0 saturated heterocycles. The molecular weight excluding hydrogens is 535 g/mol. The number of hydrogen-bond acceptors (Lipinski definition) is 4. The molecule has 192 valence electrons. The predicted octanol–water partition coefficient (Wildman–Crippen LogP) is 7.36. The molecule has 0 spiro atoms. The molecule has 1 aromatic heterocycles. The predicted molar refractivity (Wildman–Crippen MR) is 148 cm³/mol. The molecule has 0 aliphatic rings. The van der Waals surface area contributed by atoms with Gasteiger partial charge in [0.15, 0.2) is 5.11 Å². The van der Waals surface area contributed by atoms with Gasteiger partial charge in [0.25, 0.3) is 0 Å². The molecule has 0 radical (unpaired) electrons. The molecule has 0 amide bonds. The van der Waals surface area contributed by atoms with E-state index in [4.69, 9.17) is 23.8 Å². The fraction of sp³-hybridized carbons (Fsp3) is 0.0741. The number of halogens is 4. The summed E-state index contributed by atoms with van der Waals surface area (Å²) in [5, 5.41) is 10.0. The number of thiocarbonyl (C=S) groups is 1. The average molecular weight is 554 g/mol. The number of hydrazone groups is 1. The van der Waals surface area contributed by atoms with E-state index >= 15 is 0 Å². The molecule has 0 unspecified atom stereocenters. The van der Waals surface area contributed by atoms with Crippen molar-refractivity contribution in [3.05, 3.63) is 95.3 Å². The third-order valence-electron chi connectivity index (χ3n) is 5.74. The van der Waals surface area contributed by atoms with Gasteiger partial charge >= 0.3 is 6.36 Å². The number of hydrogen-bond donors (Lipinski definition) is 2. The maximum atomic E-state index is 12.4. The van der Waals surface area contributed by atoms with E-state index in [2.05, 4.69) is 25.6 Å². The van der Waals surface area contributed by atoms with Crippen LogP contribution < -0.4 is 15.5 Å². The Bertz CT molecular complexity index is 1660. The minimum atomic E-state index is -4.74. The van der Waals surface area contributed by atoms with Crippen molar-refractivity contribution in [2.24, 2.45) is 5.10 Å². The number of imidazole rings is 1. The van der Waals surface area contributed by atoms with E-state index in [0.29, 0.717) is 15.8 Å². The summed E-state index contributed by atoms with van der Waals surface area (Å²) in [6.07, 6.45) is -1.45. The van der Waals surface area contributed by atoms with Gasteiger partial charge in [0.2, 0.25) is 0 Å². The second-order valence-corrected chi connectivity index (χ2v) is 9.14. The van der Waals surface area contributed by atoms with Crippen molar-refractivity contribution >= 4 is 62.6 Å². The lowest BCUT2D eigenvalue weighted by atomic mass is 10.1. The minimum Gasteiger partial charge on any atom is -0.406 e. The zero-order valence-corrected chi connectivity index (χ0v) is 21.3. The smallest absolute Gasteiger partial charge is 0.406 e. The molecule has 38 heavy (non-hydrogen) atoms. The summed E-state index contributed by atoms with van der Waals surface area (Å²) in [7, 11) is 0. The minimum absolute atomic E-state index is 0.282. The number of rotatable bonds is 5. The fourth-order valence-corrected chi connectivity index (χ4v) is 4.44. The molecule has 5 aromatic rings. The second kappa shape index (κ2) is 10.3. The van der Waals surface area contributed by atoms with Crippen molar-refractivity contribution in [1.29, 1.82) is 0 Å². The first-order valence-corrected chi connectivity index (χ1v) is 12.1. The third kappa shape index (κ3) is 5.56. The number of aryl methyl sites for hydroxylation is 1. The Morgan fingerprint density at radius 1 is 1.08 bits per heavy atom. The Labute approximate surface area is 225 Å². The van der Waals surface area contributed by atoms with Crippen LogP contribution in [0.4, 0.5) is 18.9 Å². The molecule has 0 atom stereocenters. The zero-order chi connectivity index (χ0) is 26.9. The normalized spacial score (nSPS) is 11.8. The second-order valence-electron chi connectivity index (χ2n) is 8.33. The maximum Gasteiger partial charge on any atom is 0.573 e. The molecule has 0 fully saturated rings. The van der Waals surface area contributed by atoms with Crippen LogP contribution in [0.5, 0.6) is 5.75 Å². The Morgan fingerprint density at radius 2 is 1.87 bits per heavy atom. The number of para-hydroxylation sites is 1. The number of aromatic nitrogens is 2. The number of nitrogens with zero attached hydrogens (tertiary/aromatic N) is 3. The molecule has 2 N–H and O–H groups in total. The number of benzene rings is 4. The standard InChI is InChI=1S/C27H19ClF3N5OS/c1-16-3-2-4-22(28)24(16)34-26(38)35-33-14-17-5-11-21-18(13-17)6-12-23-25(21)32-15-36(23)19-7-9-20(10-8-19)37-27(29,30)31/h2-15H,1H3,(H2,34,35,38)/b33-14+. The van der Waals surface area contributed by atoms with E-state index in [1.54, 1.807) is 35.3 Å². The summed E-state index contributed by atoms with van der Waals surface area (Å²) < 4.78 is 43.1. The van der Waals surface area contributed by atoms with E-state index in [1.807, 2.05) is 49.4 Å². The van der Waals surface area contributed by atoms with Crippen LogP contribution in [0, 0.1) is 6.92 Å². The highest BCUT2D eigenvalue weighted by Gasteiger charge is 2.31. The van der Waals surface area contributed by atoms with Gasteiger partial charge < -0.3 is 10.1 Å². The Balaban J connectivity index is 1.32. The zero-order valence-electron chi connectivity index (χ0n) is 19.8. The van der Waals surface area contributed by atoms with E-state index in [-0.39, 0.29) is 5.75 Å². The summed E-state index contributed by atoms with van der Waals surface area (Å²) in [4.78, 5) is 4.54. The monoisotopic (exact) mass is 553 g/mol. The first kappa shape index (κ1) is 25.5. The van der Waals surface area contributed by atoms with Gasteiger partial charge in [0.05, 0.1) is 28.0 Å². The highest BCUT2D eigenvalue weighted by atomic mass is 35.5. The van der Waals surface area contributed by atoms with Crippen LogP contribution in [0.25, 0.3) is 27.5 Å². The molecule has 0 aliphatic heterocycles. The lowest BCUT2D eigenvalue weighted by Gasteiger charge is -2.11. The van der Waals surface area contributed by atoms with Crippen molar-refractivity contribution in [3.63, 3.8) is 0 Å². The van der Waals surface area contributed by atoms with Crippen molar-refractivity contribution < 1.29 is 17.9 Å². The fourth-order valence-electron chi connectivity index (χ4n) is 4.02. The Hall–Kier alpha value is -4.15. The molecular formula is C27H19ClF3N5OS. The van der Waals surface area contributed by atoms with Gasteiger partial charge in [-0.2, -0.15) is 5.10 Å². The van der Waals surface area contributed by atoms with E-state index in [0.717, 1.165) is 38.6 Å². The molecule has 1 heterocycles. The summed E-state index contributed by atoms with van der Waals surface area (Å²) in [6, 6.07) is 20.9. The van der Waals surface area contributed by atoms with Crippen LogP contribution in [0.2, 0.25) is 5.02 Å². The van der Waals surface area contributed by atoms with Crippen LogP contribution in [-0.2, 0) is 0 Å². The van der Waals surface area contributed by atoms with Crippen LogP contribution in [0.3, 0.4) is 0 Å². The van der Waals surface area contributed by atoms with Gasteiger partial charge in [-0.1, -0.05) is 41.9 Å². The van der Waals surface area contributed by atoms with Gasteiger partial charge in [-0.05, 0) is 78.1 Å². The highest BCUT2D eigenvalue weighted by Crippen LogP contribution is 2.29. The van der Waals surface area contributed by atoms with E-state index in [1.165, 1.54) is 12.1 Å². The first-order chi connectivity index (χ1) is 18.2. The quantitative estimate of drug-likeness (QED) is 0.135. The lowest BCUT2D eigenvalue weighted by molar-refractivity contribution is -0.274. The average Bonchev–Trinajstić information content (AvgIpc) is 3.30. The molecule has 4 aromatic carbocycles. The highest BCUT2D eigenvalue weighted by molar-refractivity contribution is 7.80. The molecule has 11 heteroatoms. The number of ether oxygens (including phenoxy) is 1. The Morgan fingerprint density at radius 3 is 2.61 bits per heavy atom. The van der Waals surface area contributed by atoms with Crippen molar-refractivity contribution in [2.45, 2.75) is 13.3 Å². The van der Waals surface area contributed by atoms with Crippen molar-refractivity contribution in [2.75, 3.05) is 5.32 Å². The third-order valence-corrected chi connectivity index (χ3v) is 6.25. The summed E-state index contributed by atoms with van der Waals surface area (Å²) in [6.45, 7) is 1.93. The summed E-state index contributed by atoms with van der Waals surface area (Å²) >= 11 is 11.5. The van der Waals surface area contributed by atoms with Crippen LogP contribution in [0.1, 0.15) is 11.1 Å². The van der Waals surface area contributed by atoms with Crippen LogP contribution >= 0.6 is 23.8 Å². The summed E-state index contributed by atoms with van der Waals surface area (Å²) in [5.74, 6) is -0.282.